The third-order valence-electron chi connectivity index (χ3n) is 1.63. The largest absolute Gasteiger partial charge is 0.375 e. The quantitative estimate of drug-likeness (QED) is 0.618. The lowest BCUT2D eigenvalue weighted by Gasteiger charge is -1.75. The minimum absolute atomic E-state index is 0.592. The van der Waals surface area contributed by atoms with Gasteiger partial charge in [-0.25, -0.2) is 9.97 Å². The molecule has 13 heavy (non-hydrogen) atoms. The second-order valence-electron chi connectivity index (χ2n) is 2.48. The van der Waals surface area contributed by atoms with E-state index in [4.69, 9.17) is 11.5 Å². The van der Waals surface area contributed by atoms with Crippen LogP contribution in [0.2, 0.25) is 0 Å². The number of thiazole rings is 2. The molecular weight excluding hydrogens is 224 g/mol. The van der Waals surface area contributed by atoms with Crippen molar-refractivity contribution in [1.82, 2.24) is 9.97 Å². The first kappa shape index (κ1) is 7.48. The summed E-state index contributed by atoms with van der Waals surface area (Å²) in [6.07, 6.45) is 0. The summed E-state index contributed by atoms with van der Waals surface area (Å²) >= 11 is 4.65. The highest BCUT2D eigenvalue weighted by Crippen LogP contribution is 2.41. The molecule has 7 heteroatoms. The fraction of sp³-hybridized carbons (Fsp3) is 0. The molecule has 0 aromatic carbocycles. The van der Waals surface area contributed by atoms with Gasteiger partial charge in [0.15, 0.2) is 10.3 Å². The zero-order valence-electron chi connectivity index (χ0n) is 6.27. The first-order valence-corrected chi connectivity index (χ1v) is 5.90. The molecule has 3 heterocycles. The van der Waals surface area contributed by atoms with Crippen LogP contribution in [0.1, 0.15) is 0 Å². The lowest BCUT2D eigenvalue weighted by molar-refractivity contribution is 1.47. The molecule has 66 valence electrons. The number of nitrogens with two attached hydrogens (primary N) is 2. The van der Waals surface area contributed by atoms with Gasteiger partial charge in [0.1, 0.15) is 19.1 Å². The summed E-state index contributed by atoms with van der Waals surface area (Å²) in [5.74, 6) is 0. The van der Waals surface area contributed by atoms with E-state index in [9.17, 15) is 0 Å². The van der Waals surface area contributed by atoms with E-state index in [1.807, 2.05) is 0 Å². The van der Waals surface area contributed by atoms with Gasteiger partial charge >= 0.3 is 0 Å². The highest BCUT2D eigenvalue weighted by molar-refractivity contribution is 7.50. The van der Waals surface area contributed by atoms with E-state index in [2.05, 4.69) is 9.97 Å². The highest BCUT2D eigenvalue weighted by atomic mass is 32.2. The molecule has 0 radical (unpaired) electrons. The minimum atomic E-state index is 0.592. The first-order chi connectivity index (χ1) is 6.24. The van der Waals surface area contributed by atoms with Crippen molar-refractivity contribution in [3.05, 3.63) is 0 Å². The zero-order valence-corrected chi connectivity index (χ0v) is 8.72. The van der Waals surface area contributed by atoms with Crippen LogP contribution in [0.5, 0.6) is 0 Å². The van der Waals surface area contributed by atoms with Gasteiger partial charge in [-0.3, -0.25) is 0 Å². The van der Waals surface area contributed by atoms with E-state index in [0.29, 0.717) is 10.3 Å². The summed E-state index contributed by atoms with van der Waals surface area (Å²) in [4.78, 5) is 8.42. The van der Waals surface area contributed by atoms with Crippen LogP contribution < -0.4 is 11.5 Å². The van der Waals surface area contributed by atoms with E-state index < -0.39 is 0 Å². The normalized spacial score (nSPS) is 11.7. The minimum Gasteiger partial charge on any atom is -0.375 e. The lowest BCUT2D eigenvalue weighted by atomic mass is 10.5. The number of fused-ring (bicyclic) bond motifs is 3. The molecule has 0 aliphatic heterocycles. The van der Waals surface area contributed by atoms with E-state index in [1.54, 1.807) is 11.3 Å². The molecule has 0 saturated heterocycles. The van der Waals surface area contributed by atoms with E-state index in [0.717, 1.165) is 19.1 Å². The number of hydrogen-bond donors (Lipinski definition) is 2. The molecular formula is C6H4N4S3. The van der Waals surface area contributed by atoms with Crippen LogP contribution >= 0.6 is 34.0 Å². The van der Waals surface area contributed by atoms with Gasteiger partial charge in [0, 0.05) is 0 Å². The van der Waals surface area contributed by atoms with Crippen molar-refractivity contribution in [3.63, 3.8) is 0 Å². The molecule has 0 fully saturated rings. The predicted molar refractivity (Wildman–Crippen MR) is 59.5 cm³/mol. The van der Waals surface area contributed by atoms with Gasteiger partial charge in [0.25, 0.3) is 0 Å². The van der Waals surface area contributed by atoms with Crippen molar-refractivity contribution in [2.75, 3.05) is 11.5 Å². The molecule has 0 atom stereocenters. The summed E-state index contributed by atoms with van der Waals surface area (Å²) in [7, 11) is 0. The molecule has 0 bridgehead atoms. The average molecular weight is 228 g/mol. The van der Waals surface area contributed by atoms with Crippen LogP contribution in [0, 0.1) is 0 Å². The monoisotopic (exact) mass is 228 g/mol. The van der Waals surface area contributed by atoms with E-state index in [1.165, 1.54) is 22.7 Å². The van der Waals surface area contributed by atoms with Gasteiger partial charge in [0.05, 0.1) is 0 Å². The summed E-state index contributed by atoms with van der Waals surface area (Å²) in [6.45, 7) is 0. The van der Waals surface area contributed by atoms with Gasteiger partial charge in [-0.1, -0.05) is 22.7 Å². The molecule has 0 aliphatic rings. The number of nitrogens with zero attached hydrogens (tertiary/aromatic N) is 2. The van der Waals surface area contributed by atoms with Gasteiger partial charge in [0.2, 0.25) is 0 Å². The van der Waals surface area contributed by atoms with E-state index in [-0.39, 0.29) is 0 Å². The topological polar surface area (TPSA) is 77.8 Å². The molecule has 0 spiro atoms. The molecule has 0 aliphatic carbocycles. The van der Waals surface area contributed by atoms with Crippen molar-refractivity contribution < 1.29 is 0 Å². The second-order valence-corrected chi connectivity index (χ2v) is 6.08. The van der Waals surface area contributed by atoms with Crippen molar-refractivity contribution >= 4 is 63.3 Å². The number of thiophene rings is 1. The van der Waals surface area contributed by atoms with Gasteiger partial charge in [-0.2, -0.15) is 0 Å². The van der Waals surface area contributed by atoms with E-state index >= 15 is 0 Å². The molecule has 0 saturated carbocycles. The second kappa shape index (κ2) is 2.31. The SMILES string of the molecule is Nc1nc2c(s1)sc1sc(N)nc12. The van der Waals surface area contributed by atoms with Crippen LogP contribution in [0.25, 0.3) is 19.1 Å². The Morgan fingerprint density at radius 1 is 0.769 bits per heavy atom. The Morgan fingerprint density at radius 3 is 1.69 bits per heavy atom. The van der Waals surface area contributed by atoms with Crippen molar-refractivity contribution in [3.8, 4) is 0 Å². The summed E-state index contributed by atoms with van der Waals surface area (Å²) in [5, 5.41) is 1.18. The average Bonchev–Trinajstić information content (AvgIpc) is 2.60. The molecule has 0 unspecified atom stereocenters. The predicted octanol–water partition coefficient (Wildman–Crippen LogP) is 2.13. The Bertz CT molecular complexity index is 538. The van der Waals surface area contributed by atoms with Crippen LogP contribution in [0.4, 0.5) is 10.3 Å². The Labute approximate surface area is 84.8 Å². The first-order valence-electron chi connectivity index (χ1n) is 3.45. The van der Waals surface area contributed by atoms with Crippen LogP contribution in [-0.2, 0) is 0 Å². The molecule has 4 nitrogen and oxygen atoms in total. The maximum Gasteiger partial charge on any atom is 0.182 e. The van der Waals surface area contributed by atoms with Crippen LogP contribution in [0.3, 0.4) is 0 Å². The van der Waals surface area contributed by atoms with Crippen molar-refractivity contribution in [1.29, 1.82) is 0 Å². The number of nitrogen functional groups attached to an aromatic ring is 2. The molecule has 3 aromatic rings. The van der Waals surface area contributed by atoms with Crippen LogP contribution in [-0.4, -0.2) is 9.97 Å². The zero-order chi connectivity index (χ0) is 9.00. The third-order valence-corrected chi connectivity index (χ3v) is 4.75. The molecule has 0 amide bonds. The van der Waals surface area contributed by atoms with Gasteiger partial charge < -0.3 is 11.5 Å². The van der Waals surface area contributed by atoms with Crippen molar-refractivity contribution in [2.24, 2.45) is 0 Å². The van der Waals surface area contributed by atoms with Gasteiger partial charge in [-0.15, -0.1) is 11.3 Å². The Balaban J connectivity index is 2.56. The fourth-order valence-corrected chi connectivity index (χ4v) is 4.45. The molecule has 3 rings (SSSR count). The summed E-state index contributed by atoms with van der Waals surface area (Å²) < 4.78 is 2.26. The molecule has 4 N–H and O–H groups in total. The summed E-state index contributed by atoms with van der Waals surface area (Å²) in [6, 6.07) is 0. The number of rotatable bonds is 0. The number of aromatic nitrogens is 2. The smallest absolute Gasteiger partial charge is 0.182 e. The van der Waals surface area contributed by atoms with Crippen molar-refractivity contribution in [2.45, 2.75) is 0 Å². The third kappa shape index (κ3) is 0.946. The number of anilines is 2. The lowest BCUT2D eigenvalue weighted by Crippen LogP contribution is -1.81. The molecule has 3 aromatic heterocycles. The maximum atomic E-state index is 5.59. The Kier molecular flexibility index (Phi) is 1.33. The highest BCUT2D eigenvalue weighted by Gasteiger charge is 2.13. The van der Waals surface area contributed by atoms with Crippen LogP contribution in [0.15, 0.2) is 0 Å². The fourth-order valence-electron chi connectivity index (χ4n) is 1.17. The standard InChI is InChI=1S/C6H4N4S3/c7-5-9-1-2-4(11-3(1)12-5)13-6(8)10-2/h(H2,7,9)(H2,8,10). The Morgan fingerprint density at radius 2 is 1.23 bits per heavy atom. The Hall–Kier alpha value is -0.920. The number of hydrogen-bond acceptors (Lipinski definition) is 7. The summed E-state index contributed by atoms with van der Waals surface area (Å²) in [5.41, 5.74) is 13.0. The van der Waals surface area contributed by atoms with Gasteiger partial charge in [-0.05, 0) is 0 Å². The maximum absolute atomic E-state index is 5.59.